The van der Waals surface area contributed by atoms with E-state index in [9.17, 15) is 18.4 Å². The third-order valence-corrected chi connectivity index (χ3v) is 5.10. The highest BCUT2D eigenvalue weighted by molar-refractivity contribution is 7.16. The van der Waals surface area contributed by atoms with Crippen molar-refractivity contribution < 1.29 is 23.1 Å². The molecule has 0 unspecified atom stereocenters. The van der Waals surface area contributed by atoms with Gasteiger partial charge < -0.3 is 9.30 Å². The van der Waals surface area contributed by atoms with Crippen LogP contribution in [0.15, 0.2) is 35.3 Å². The van der Waals surface area contributed by atoms with Gasteiger partial charge in [0.2, 0.25) is 0 Å². The molecule has 0 atom stereocenters. The van der Waals surface area contributed by atoms with E-state index in [1.807, 2.05) is 26.0 Å². The number of benzene rings is 2. The number of amides is 1. The summed E-state index contributed by atoms with van der Waals surface area (Å²) in [6, 6.07) is 7.02. The Morgan fingerprint density at radius 1 is 1.18 bits per heavy atom. The number of aryl methyl sites for hydroxylation is 2. The van der Waals surface area contributed by atoms with E-state index in [1.165, 1.54) is 17.4 Å². The van der Waals surface area contributed by atoms with Crippen LogP contribution in [-0.4, -0.2) is 23.1 Å². The number of hydrogen-bond donors (Lipinski definition) is 0. The first kappa shape index (κ1) is 19.9. The van der Waals surface area contributed by atoms with Crippen LogP contribution < -0.4 is 4.80 Å². The fourth-order valence-corrected chi connectivity index (χ4v) is 4.21. The van der Waals surface area contributed by atoms with Crippen molar-refractivity contribution in [1.29, 1.82) is 0 Å². The van der Waals surface area contributed by atoms with E-state index in [1.54, 1.807) is 11.5 Å². The zero-order valence-corrected chi connectivity index (χ0v) is 16.4. The molecule has 0 N–H and O–H groups in total. The number of ether oxygens (including phenoxy) is 1. The molecule has 3 rings (SSSR count). The van der Waals surface area contributed by atoms with E-state index < -0.39 is 29.1 Å². The molecule has 1 heterocycles. The second-order valence-electron chi connectivity index (χ2n) is 6.22. The minimum atomic E-state index is -1.05. The smallest absolute Gasteiger partial charge is 0.326 e. The van der Waals surface area contributed by atoms with E-state index >= 15 is 0 Å². The SMILES string of the molecule is CCOC(=O)Cn1c(=NC(=O)c2c(F)cccc2F)sc2cc(C)cc(C)c21. The average molecular weight is 404 g/mol. The van der Waals surface area contributed by atoms with Crippen LogP contribution in [0.5, 0.6) is 0 Å². The second kappa shape index (κ2) is 8.02. The first-order valence-electron chi connectivity index (χ1n) is 8.61. The summed E-state index contributed by atoms with van der Waals surface area (Å²) in [5.74, 6) is -3.51. The van der Waals surface area contributed by atoms with Crippen molar-refractivity contribution in [2.24, 2.45) is 4.99 Å². The number of nitrogens with zero attached hydrogens (tertiary/aromatic N) is 2. The third-order valence-electron chi connectivity index (χ3n) is 4.08. The van der Waals surface area contributed by atoms with Crippen molar-refractivity contribution in [3.8, 4) is 0 Å². The zero-order chi connectivity index (χ0) is 20.4. The number of halogens is 2. The number of thiazole rings is 1. The van der Waals surface area contributed by atoms with Crippen LogP contribution >= 0.6 is 11.3 Å². The molecular weight excluding hydrogens is 386 g/mol. The van der Waals surface area contributed by atoms with Crippen LogP contribution in [0.1, 0.15) is 28.4 Å². The molecule has 2 aromatic carbocycles. The Bertz CT molecular complexity index is 1130. The maximum atomic E-state index is 13.9. The maximum Gasteiger partial charge on any atom is 0.326 e. The number of carbonyl (C=O) groups is 2. The number of aromatic nitrogens is 1. The molecule has 28 heavy (non-hydrogen) atoms. The summed E-state index contributed by atoms with van der Waals surface area (Å²) >= 11 is 1.17. The van der Waals surface area contributed by atoms with Gasteiger partial charge in [-0.05, 0) is 50.1 Å². The highest BCUT2D eigenvalue weighted by Gasteiger charge is 2.19. The highest BCUT2D eigenvalue weighted by Crippen LogP contribution is 2.23. The first-order chi connectivity index (χ1) is 13.3. The Balaban J connectivity index is 2.21. The first-order valence-corrected chi connectivity index (χ1v) is 9.42. The van der Waals surface area contributed by atoms with Gasteiger partial charge in [-0.3, -0.25) is 9.59 Å². The van der Waals surface area contributed by atoms with Crippen molar-refractivity contribution in [2.75, 3.05) is 6.61 Å². The predicted octanol–water partition coefficient (Wildman–Crippen LogP) is 3.90. The second-order valence-corrected chi connectivity index (χ2v) is 7.23. The Labute approximate surface area is 163 Å². The van der Waals surface area contributed by atoms with E-state index in [0.717, 1.165) is 33.5 Å². The number of hydrogen-bond acceptors (Lipinski definition) is 4. The summed E-state index contributed by atoms with van der Waals surface area (Å²) in [5.41, 5.74) is 1.90. The third kappa shape index (κ3) is 3.87. The summed E-state index contributed by atoms with van der Waals surface area (Å²) < 4.78 is 35.2. The maximum absolute atomic E-state index is 13.9. The van der Waals surface area contributed by atoms with E-state index in [2.05, 4.69) is 4.99 Å². The number of rotatable bonds is 4. The molecule has 0 saturated heterocycles. The number of esters is 1. The van der Waals surface area contributed by atoms with Gasteiger partial charge in [0.05, 0.1) is 16.8 Å². The lowest BCUT2D eigenvalue weighted by Gasteiger charge is -2.07. The van der Waals surface area contributed by atoms with E-state index in [-0.39, 0.29) is 18.0 Å². The van der Waals surface area contributed by atoms with Gasteiger partial charge in [-0.25, -0.2) is 8.78 Å². The van der Waals surface area contributed by atoms with Gasteiger partial charge in [0, 0.05) is 0 Å². The Kier molecular flexibility index (Phi) is 5.69. The Morgan fingerprint density at radius 2 is 1.86 bits per heavy atom. The van der Waals surface area contributed by atoms with Crippen molar-refractivity contribution in [2.45, 2.75) is 27.3 Å². The fourth-order valence-electron chi connectivity index (χ4n) is 3.00. The van der Waals surface area contributed by atoms with Gasteiger partial charge in [0.25, 0.3) is 5.91 Å². The van der Waals surface area contributed by atoms with Crippen LogP contribution in [0.25, 0.3) is 10.2 Å². The summed E-state index contributed by atoms with van der Waals surface area (Å²) in [6.45, 7) is 5.55. The van der Waals surface area contributed by atoms with Crippen molar-refractivity contribution >= 4 is 33.4 Å². The van der Waals surface area contributed by atoms with Crippen molar-refractivity contribution in [1.82, 2.24) is 4.57 Å². The van der Waals surface area contributed by atoms with Gasteiger partial charge in [-0.15, -0.1) is 0 Å². The normalized spacial score (nSPS) is 11.8. The highest BCUT2D eigenvalue weighted by atomic mass is 32.1. The molecular formula is C20H18F2N2O3S. The molecule has 0 bridgehead atoms. The summed E-state index contributed by atoms with van der Waals surface area (Å²) in [4.78, 5) is 28.6. The molecule has 146 valence electrons. The molecule has 0 saturated carbocycles. The van der Waals surface area contributed by atoms with Gasteiger partial charge in [0.1, 0.15) is 23.7 Å². The van der Waals surface area contributed by atoms with Crippen molar-refractivity contribution in [3.05, 3.63) is 63.5 Å². The Hall–Kier alpha value is -2.87. The monoisotopic (exact) mass is 404 g/mol. The standard InChI is InChI=1S/C20H18F2N2O3S/c1-4-27-16(25)10-24-18-12(3)8-11(2)9-15(18)28-20(24)23-19(26)17-13(21)6-5-7-14(17)22/h5-9H,4,10H2,1-3H3. The molecule has 0 fully saturated rings. The largest absolute Gasteiger partial charge is 0.465 e. The van der Waals surface area contributed by atoms with E-state index in [4.69, 9.17) is 4.74 Å². The minimum Gasteiger partial charge on any atom is -0.465 e. The van der Waals surface area contributed by atoms with Crippen LogP contribution in [0.2, 0.25) is 0 Å². The van der Waals surface area contributed by atoms with Gasteiger partial charge in [0.15, 0.2) is 4.80 Å². The molecule has 0 radical (unpaired) electrons. The molecule has 8 heteroatoms. The summed E-state index contributed by atoms with van der Waals surface area (Å²) in [7, 11) is 0. The van der Waals surface area contributed by atoms with Gasteiger partial charge >= 0.3 is 5.97 Å². The predicted molar refractivity (Wildman–Crippen MR) is 102 cm³/mol. The molecule has 1 amide bonds. The van der Waals surface area contributed by atoms with Crippen molar-refractivity contribution in [3.63, 3.8) is 0 Å². The molecule has 3 aromatic rings. The molecule has 0 spiro atoms. The molecule has 0 aliphatic carbocycles. The summed E-state index contributed by atoms with van der Waals surface area (Å²) in [6.07, 6.45) is 0. The topological polar surface area (TPSA) is 60.7 Å². The van der Waals surface area contributed by atoms with Crippen LogP contribution in [0.4, 0.5) is 8.78 Å². The quantitative estimate of drug-likeness (QED) is 0.620. The van der Waals surface area contributed by atoms with Crippen LogP contribution in [0.3, 0.4) is 0 Å². The lowest BCUT2D eigenvalue weighted by atomic mass is 10.1. The fraction of sp³-hybridized carbons (Fsp3) is 0.250. The molecule has 0 aliphatic heterocycles. The lowest BCUT2D eigenvalue weighted by Crippen LogP contribution is -2.23. The lowest BCUT2D eigenvalue weighted by molar-refractivity contribution is -0.143. The number of fused-ring (bicyclic) bond motifs is 1. The minimum absolute atomic E-state index is 0.163. The molecule has 1 aromatic heterocycles. The zero-order valence-electron chi connectivity index (χ0n) is 15.6. The average Bonchev–Trinajstić information content (AvgIpc) is 2.92. The Morgan fingerprint density at radius 3 is 2.50 bits per heavy atom. The van der Waals surface area contributed by atoms with Crippen LogP contribution in [-0.2, 0) is 16.1 Å². The van der Waals surface area contributed by atoms with E-state index in [0.29, 0.717) is 0 Å². The molecule has 0 aliphatic rings. The van der Waals surface area contributed by atoms with Crippen LogP contribution in [0, 0.1) is 25.5 Å². The van der Waals surface area contributed by atoms with Gasteiger partial charge in [-0.1, -0.05) is 23.5 Å². The van der Waals surface area contributed by atoms with Gasteiger partial charge in [-0.2, -0.15) is 4.99 Å². The summed E-state index contributed by atoms with van der Waals surface area (Å²) in [5, 5.41) is 0. The molecule has 5 nitrogen and oxygen atoms in total. The number of carbonyl (C=O) groups excluding carboxylic acids is 2.